The predicted octanol–water partition coefficient (Wildman–Crippen LogP) is 20.5. The van der Waals surface area contributed by atoms with E-state index in [1.54, 1.807) is 0 Å². The Hall–Kier alpha value is -3.67. The van der Waals surface area contributed by atoms with Gasteiger partial charge in [0.15, 0.2) is 6.10 Å². The van der Waals surface area contributed by atoms with Gasteiger partial charge in [-0.05, 0) is 103 Å². The van der Waals surface area contributed by atoms with Crippen LogP contribution in [-0.2, 0) is 28.6 Å². The summed E-state index contributed by atoms with van der Waals surface area (Å²) in [4.78, 5) is 38.1. The van der Waals surface area contributed by atoms with Crippen LogP contribution in [0.3, 0.4) is 0 Å². The quantitative estimate of drug-likeness (QED) is 0.0261. The molecule has 0 N–H and O–H groups in total. The first-order valence-electron chi connectivity index (χ1n) is 30.2. The first-order valence-corrected chi connectivity index (χ1v) is 30.2. The van der Waals surface area contributed by atoms with E-state index in [9.17, 15) is 14.4 Å². The first-order chi connectivity index (χ1) is 35.5. The van der Waals surface area contributed by atoms with Gasteiger partial charge in [-0.15, -0.1) is 0 Å². The third-order valence-electron chi connectivity index (χ3n) is 12.8. The lowest BCUT2D eigenvalue weighted by molar-refractivity contribution is -0.167. The fraction of sp³-hybridized carbons (Fsp3) is 0.712. The minimum Gasteiger partial charge on any atom is -0.462 e. The minimum atomic E-state index is -0.788. The van der Waals surface area contributed by atoms with E-state index >= 15 is 0 Å². The van der Waals surface area contributed by atoms with Gasteiger partial charge >= 0.3 is 17.9 Å². The molecule has 0 fully saturated rings. The van der Waals surface area contributed by atoms with Gasteiger partial charge in [-0.1, -0.05) is 259 Å². The molecular formula is C66H112O6. The highest BCUT2D eigenvalue weighted by Gasteiger charge is 2.19. The van der Waals surface area contributed by atoms with E-state index in [2.05, 4.69) is 118 Å². The standard InChI is InChI=1S/C66H112O6/c1-4-7-10-13-16-19-21-23-25-27-29-31-33-35-37-39-41-43-45-47-50-53-56-59-65(68)71-62-63(61-70-64(67)58-55-52-49-18-15-12-9-6-3)72-66(69)60-57-54-51-48-46-44-42-40-38-36-34-32-30-28-26-24-22-20-17-14-11-8-5-2/h7,10,16,19,22-25,28-31,35,37,41,43,63H,4-6,8-9,11-15,17-18,20-21,26-27,32-34,36,38-40,42,44-62H2,1-3H3/b10-7-,19-16-,24-22-,25-23-,30-28-,31-29-,37-35-,43-41-. The fourth-order valence-corrected chi connectivity index (χ4v) is 8.30. The number of hydrogen-bond donors (Lipinski definition) is 0. The molecule has 1 atom stereocenters. The molecular weight excluding hydrogens is 889 g/mol. The monoisotopic (exact) mass is 1000 g/mol. The van der Waals surface area contributed by atoms with Crippen LogP contribution in [0, 0.1) is 0 Å². The average molecular weight is 1000 g/mol. The third-order valence-corrected chi connectivity index (χ3v) is 12.8. The van der Waals surface area contributed by atoms with E-state index in [1.165, 1.54) is 128 Å². The second kappa shape index (κ2) is 59.9. The van der Waals surface area contributed by atoms with Crippen LogP contribution in [0.15, 0.2) is 97.2 Å². The van der Waals surface area contributed by atoms with Gasteiger partial charge in [0.1, 0.15) is 13.2 Å². The Kier molecular flexibility index (Phi) is 56.8. The molecule has 0 heterocycles. The number of hydrogen-bond acceptors (Lipinski definition) is 6. The number of unbranched alkanes of at least 4 members (excludes halogenated alkanes) is 27. The summed E-state index contributed by atoms with van der Waals surface area (Å²) in [6, 6.07) is 0. The molecule has 6 heteroatoms. The van der Waals surface area contributed by atoms with E-state index in [1.807, 2.05) is 0 Å². The number of esters is 3. The van der Waals surface area contributed by atoms with Gasteiger partial charge in [0.2, 0.25) is 0 Å². The average Bonchev–Trinajstić information content (AvgIpc) is 3.38. The topological polar surface area (TPSA) is 78.9 Å². The zero-order chi connectivity index (χ0) is 52.2. The Bertz CT molecular complexity index is 1430. The largest absolute Gasteiger partial charge is 0.462 e. The fourth-order valence-electron chi connectivity index (χ4n) is 8.30. The molecule has 0 aromatic heterocycles. The highest BCUT2D eigenvalue weighted by atomic mass is 16.6. The van der Waals surface area contributed by atoms with Crippen LogP contribution >= 0.6 is 0 Å². The number of allylic oxidation sites excluding steroid dienone is 16. The SMILES string of the molecule is CC/C=C\C/C=C\C/C=C\C/C=C\C/C=C\C/C=C\CCCCCCC(=O)OCC(COC(=O)CCCCCCCCCC)OC(=O)CCCCCCCCCCCCC/C=C\C/C=C\CCCCCCC. The molecule has 0 saturated carbocycles. The van der Waals surface area contributed by atoms with Crippen molar-refractivity contribution in [3.8, 4) is 0 Å². The molecule has 0 aliphatic rings. The Labute approximate surface area is 445 Å². The Balaban J connectivity index is 4.28. The van der Waals surface area contributed by atoms with Crippen molar-refractivity contribution in [1.29, 1.82) is 0 Å². The lowest BCUT2D eigenvalue weighted by atomic mass is 10.0. The van der Waals surface area contributed by atoms with E-state index in [0.717, 1.165) is 116 Å². The van der Waals surface area contributed by atoms with Gasteiger partial charge in [0.25, 0.3) is 0 Å². The molecule has 6 nitrogen and oxygen atoms in total. The zero-order valence-electron chi connectivity index (χ0n) is 47.2. The zero-order valence-corrected chi connectivity index (χ0v) is 47.2. The van der Waals surface area contributed by atoms with Crippen molar-refractivity contribution in [2.75, 3.05) is 13.2 Å². The molecule has 412 valence electrons. The van der Waals surface area contributed by atoms with Crippen molar-refractivity contribution in [3.05, 3.63) is 97.2 Å². The third kappa shape index (κ3) is 57.2. The van der Waals surface area contributed by atoms with Crippen molar-refractivity contribution in [1.82, 2.24) is 0 Å². The molecule has 0 rings (SSSR count). The summed E-state index contributed by atoms with van der Waals surface area (Å²) < 4.78 is 16.8. The molecule has 0 aliphatic heterocycles. The van der Waals surface area contributed by atoms with Crippen molar-refractivity contribution in [3.63, 3.8) is 0 Å². The van der Waals surface area contributed by atoms with Crippen LogP contribution < -0.4 is 0 Å². The Morgan fingerprint density at radius 3 is 0.847 bits per heavy atom. The van der Waals surface area contributed by atoms with Crippen molar-refractivity contribution in [2.45, 2.75) is 290 Å². The van der Waals surface area contributed by atoms with Crippen molar-refractivity contribution >= 4 is 17.9 Å². The lowest BCUT2D eigenvalue weighted by Gasteiger charge is -2.18. The van der Waals surface area contributed by atoms with Gasteiger partial charge in [-0.3, -0.25) is 14.4 Å². The predicted molar refractivity (Wildman–Crippen MR) is 311 cm³/mol. The Morgan fingerprint density at radius 1 is 0.292 bits per heavy atom. The minimum absolute atomic E-state index is 0.0856. The normalized spacial score (nSPS) is 12.8. The van der Waals surface area contributed by atoms with Crippen LogP contribution in [0.4, 0.5) is 0 Å². The second-order valence-corrected chi connectivity index (χ2v) is 19.9. The smallest absolute Gasteiger partial charge is 0.306 e. The maximum absolute atomic E-state index is 12.9. The highest BCUT2D eigenvalue weighted by molar-refractivity contribution is 5.71. The van der Waals surface area contributed by atoms with E-state index < -0.39 is 6.10 Å². The molecule has 0 aromatic rings. The van der Waals surface area contributed by atoms with E-state index in [0.29, 0.717) is 19.3 Å². The number of carbonyl (C=O) groups is 3. The van der Waals surface area contributed by atoms with E-state index in [-0.39, 0.29) is 31.1 Å². The number of ether oxygens (including phenoxy) is 3. The maximum atomic E-state index is 12.9. The molecule has 0 bridgehead atoms. The molecule has 0 aliphatic carbocycles. The van der Waals surface area contributed by atoms with Crippen LogP contribution in [0.1, 0.15) is 284 Å². The molecule has 0 radical (unpaired) electrons. The van der Waals surface area contributed by atoms with Gasteiger partial charge in [0.05, 0.1) is 0 Å². The van der Waals surface area contributed by atoms with Gasteiger partial charge in [-0.25, -0.2) is 0 Å². The molecule has 0 saturated heterocycles. The summed E-state index contributed by atoms with van der Waals surface area (Å²) in [5.74, 6) is -0.913. The van der Waals surface area contributed by atoms with Crippen LogP contribution in [-0.4, -0.2) is 37.2 Å². The summed E-state index contributed by atoms with van der Waals surface area (Å²) in [6.45, 7) is 6.48. The number of rotatable bonds is 54. The first kappa shape index (κ1) is 68.3. The Morgan fingerprint density at radius 2 is 0.542 bits per heavy atom. The van der Waals surface area contributed by atoms with Gasteiger partial charge in [-0.2, -0.15) is 0 Å². The van der Waals surface area contributed by atoms with Crippen LogP contribution in [0.2, 0.25) is 0 Å². The number of carbonyl (C=O) groups excluding carboxylic acids is 3. The summed E-state index contributed by atoms with van der Waals surface area (Å²) in [6.07, 6.45) is 79.9. The highest BCUT2D eigenvalue weighted by Crippen LogP contribution is 2.15. The molecule has 72 heavy (non-hydrogen) atoms. The van der Waals surface area contributed by atoms with Crippen LogP contribution in [0.25, 0.3) is 0 Å². The maximum Gasteiger partial charge on any atom is 0.306 e. The second-order valence-electron chi connectivity index (χ2n) is 19.9. The van der Waals surface area contributed by atoms with Gasteiger partial charge < -0.3 is 14.2 Å². The van der Waals surface area contributed by atoms with Crippen molar-refractivity contribution in [2.24, 2.45) is 0 Å². The van der Waals surface area contributed by atoms with Crippen LogP contribution in [0.5, 0.6) is 0 Å². The molecule has 0 amide bonds. The summed E-state index contributed by atoms with van der Waals surface area (Å²) in [5, 5.41) is 0. The summed E-state index contributed by atoms with van der Waals surface area (Å²) in [7, 11) is 0. The summed E-state index contributed by atoms with van der Waals surface area (Å²) in [5.41, 5.74) is 0. The molecule has 0 spiro atoms. The summed E-state index contributed by atoms with van der Waals surface area (Å²) >= 11 is 0. The lowest BCUT2D eigenvalue weighted by Crippen LogP contribution is -2.30. The van der Waals surface area contributed by atoms with E-state index in [4.69, 9.17) is 14.2 Å². The molecule has 0 aromatic carbocycles. The van der Waals surface area contributed by atoms with Crippen molar-refractivity contribution < 1.29 is 28.6 Å². The molecule has 1 unspecified atom stereocenters. The van der Waals surface area contributed by atoms with Gasteiger partial charge in [0, 0.05) is 19.3 Å².